The predicted molar refractivity (Wildman–Crippen MR) is 116 cm³/mol. The zero-order chi connectivity index (χ0) is 21.3. The molecule has 0 radical (unpaired) electrons. The van der Waals surface area contributed by atoms with E-state index < -0.39 is 5.97 Å². The number of ether oxygens (including phenoxy) is 2. The van der Waals surface area contributed by atoms with Gasteiger partial charge >= 0.3 is 5.97 Å². The van der Waals surface area contributed by atoms with E-state index in [9.17, 15) is 9.18 Å². The van der Waals surface area contributed by atoms with Gasteiger partial charge < -0.3 is 9.47 Å². The Morgan fingerprint density at radius 2 is 1.90 bits per heavy atom. The number of benzene rings is 2. The normalized spacial score (nSPS) is 11.1. The molecule has 154 valence electrons. The monoisotopic (exact) mass is 464 g/mol. The summed E-state index contributed by atoms with van der Waals surface area (Å²) in [5.74, 6) is -0.308. The summed E-state index contributed by atoms with van der Waals surface area (Å²) in [4.78, 5) is 13.7. The minimum atomic E-state index is -0.452. The van der Waals surface area contributed by atoms with Crippen LogP contribution < -0.4 is 4.74 Å². The van der Waals surface area contributed by atoms with Crippen molar-refractivity contribution in [3.63, 3.8) is 0 Å². The number of hydrogen-bond donors (Lipinski definition) is 0. The van der Waals surface area contributed by atoms with E-state index in [2.05, 4.69) is 5.10 Å². The zero-order valence-corrected chi connectivity index (χ0v) is 18.0. The van der Waals surface area contributed by atoms with Crippen LogP contribution in [0.4, 0.5) is 4.39 Å². The summed E-state index contributed by atoms with van der Waals surface area (Å²) in [5.41, 5.74) is 1.48. The molecule has 2 aromatic carbocycles. The van der Waals surface area contributed by atoms with Crippen molar-refractivity contribution in [2.24, 2.45) is 0 Å². The number of rotatable bonds is 6. The molecule has 0 saturated carbocycles. The van der Waals surface area contributed by atoms with E-state index in [1.807, 2.05) is 6.92 Å². The Morgan fingerprint density at radius 1 is 1.13 bits per heavy atom. The van der Waals surface area contributed by atoms with Gasteiger partial charge in [0.25, 0.3) is 0 Å². The minimum absolute atomic E-state index is 0.0646. The van der Waals surface area contributed by atoms with Gasteiger partial charge in [-0.3, -0.25) is 0 Å². The first-order chi connectivity index (χ1) is 14.4. The second kappa shape index (κ2) is 8.63. The molecular formula is C21H15Cl2FN2O3S. The summed E-state index contributed by atoms with van der Waals surface area (Å²) in [7, 11) is 0. The Labute approximate surface area is 185 Å². The van der Waals surface area contributed by atoms with Crippen molar-refractivity contribution in [1.29, 1.82) is 0 Å². The molecule has 0 aliphatic carbocycles. The van der Waals surface area contributed by atoms with Crippen molar-refractivity contribution in [1.82, 2.24) is 9.78 Å². The molecule has 2 aromatic heterocycles. The first-order valence-corrected chi connectivity index (χ1v) is 10.5. The molecule has 0 unspecified atom stereocenters. The largest absolute Gasteiger partial charge is 0.488 e. The van der Waals surface area contributed by atoms with Crippen LogP contribution in [-0.4, -0.2) is 29.0 Å². The molecule has 0 N–H and O–H groups in total. The molecule has 2 heterocycles. The maximum absolute atomic E-state index is 13.2. The average molecular weight is 465 g/mol. The first kappa shape index (κ1) is 20.7. The van der Waals surface area contributed by atoms with Crippen LogP contribution in [0.15, 0.2) is 48.5 Å². The van der Waals surface area contributed by atoms with Crippen LogP contribution in [0, 0.1) is 12.7 Å². The Hall–Kier alpha value is -2.61. The number of carbonyl (C=O) groups excluding carboxylic acids is 1. The van der Waals surface area contributed by atoms with Gasteiger partial charge in [-0.1, -0.05) is 23.2 Å². The van der Waals surface area contributed by atoms with E-state index >= 15 is 0 Å². The fourth-order valence-corrected chi connectivity index (χ4v) is 4.39. The highest BCUT2D eigenvalue weighted by molar-refractivity contribution is 7.20. The summed E-state index contributed by atoms with van der Waals surface area (Å²) in [6, 6.07) is 12.7. The van der Waals surface area contributed by atoms with Crippen molar-refractivity contribution in [2.75, 3.05) is 13.2 Å². The number of fused-ring (bicyclic) bond motifs is 1. The lowest BCUT2D eigenvalue weighted by Crippen LogP contribution is -2.11. The third-order valence-electron chi connectivity index (χ3n) is 4.28. The fraction of sp³-hybridized carbons (Fsp3) is 0.143. The highest BCUT2D eigenvalue weighted by Gasteiger charge is 2.18. The number of hydrogen-bond acceptors (Lipinski definition) is 5. The quantitative estimate of drug-likeness (QED) is 0.256. The molecule has 0 amide bonds. The van der Waals surface area contributed by atoms with Crippen LogP contribution in [0.2, 0.25) is 10.0 Å². The lowest BCUT2D eigenvalue weighted by molar-refractivity contribution is 0.0456. The zero-order valence-electron chi connectivity index (χ0n) is 15.7. The van der Waals surface area contributed by atoms with Crippen molar-refractivity contribution >= 4 is 50.7 Å². The number of esters is 1. The number of aromatic nitrogens is 2. The van der Waals surface area contributed by atoms with Gasteiger partial charge in [0, 0.05) is 10.4 Å². The van der Waals surface area contributed by atoms with Crippen molar-refractivity contribution < 1.29 is 18.7 Å². The predicted octanol–water partition coefficient (Wildman–Crippen LogP) is 6.08. The molecule has 4 rings (SSSR count). The summed E-state index contributed by atoms with van der Waals surface area (Å²) in [6.07, 6.45) is 0. The standard InChI is InChI=1S/C21H15Cl2FN2O3S/c1-12-16-11-19(30-20(16)26(25-12)15-5-3-14(24)4-6-15)21(27)29-9-8-28-18-7-2-13(22)10-17(18)23/h2-7,10-11H,8-9H2,1H3. The summed E-state index contributed by atoms with van der Waals surface area (Å²) in [5, 5.41) is 6.23. The lowest BCUT2D eigenvalue weighted by Gasteiger charge is -2.08. The van der Waals surface area contributed by atoms with Gasteiger partial charge in [-0.05, 0) is 55.5 Å². The first-order valence-electron chi connectivity index (χ1n) is 8.92. The molecule has 0 aliphatic heterocycles. The van der Waals surface area contributed by atoms with Gasteiger partial charge in [-0.2, -0.15) is 5.10 Å². The van der Waals surface area contributed by atoms with E-state index in [0.29, 0.717) is 26.4 Å². The topological polar surface area (TPSA) is 53.4 Å². The smallest absolute Gasteiger partial charge is 0.348 e. The van der Waals surface area contributed by atoms with E-state index in [-0.39, 0.29) is 19.0 Å². The van der Waals surface area contributed by atoms with Crippen LogP contribution in [0.25, 0.3) is 15.9 Å². The summed E-state index contributed by atoms with van der Waals surface area (Å²) in [6.45, 7) is 2.07. The highest BCUT2D eigenvalue weighted by atomic mass is 35.5. The third kappa shape index (κ3) is 4.28. The molecular weight excluding hydrogens is 450 g/mol. The molecule has 4 aromatic rings. The molecule has 0 saturated heterocycles. The Kier molecular flexibility index (Phi) is 5.94. The van der Waals surface area contributed by atoms with Gasteiger partial charge in [0.2, 0.25) is 0 Å². The van der Waals surface area contributed by atoms with Gasteiger partial charge in [0.15, 0.2) is 0 Å². The molecule has 0 aliphatic rings. The Balaban J connectivity index is 1.43. The average Bonchev–Trinajstić information content (AvgIpc) is 3.28. The third-order valence-corrected chi connectivity index (χ3v) is 5.91. The fourth-order valence-electron chi connectivity index (χ4n) is 2.85. The van der Waals surface area contributed by atoms with Crippen LogP contribution >= 0.6 is 34.5 Å². The summed E-state index contributed by atoms with van der Waals surface area (Å²) >= 11 is 13.2. The van der Waals surface area contributed by atoms with Crippen molar-refractivity contribution in [2.45, 2.75) is 6.92 Å². The maximum Gasteiger partial charge on any atom is 0.348 e. The van der Waals surface area contributed by atoms with E-state index in [0.717, 1.165) is 15.9 Å². The van der Waals surface area contributed by atoms with Gasteiger partial charge in [-0.25, -0.2) is 13.9 Å². The van der Waals surface area contributed by atoms with Crippen molar-refractivity contribution in [3.8, 4) is 11.4 Å². The van der Waals surface area contributed by atoms with Gasteiger partial charge in [0.05, 0.1) is 16.4 Å². The molecule has 9 heteroatoms. The maximum atomic E-state index is 13.2. The number of thiophene rings is 1. The number of aryl methyl sites for hydroxylation is 1. The van der Waals surface area contributed by atoms with Crippen molar-refractivity contribution in [3.05, 3.63) is 75.0 Å². The van der Waals surface area contributed by atoms with E-state index in [1.54, 1.807) is 41.1 Å². The Morgan fingerprint density at radius 3 is 2.63 bits per heavy atom. The van der Waals surface area contributed by atoms with Gasteiger partial charge in [-0.15, -0.1) is 11.3 Å². The second-order valence-corrected chi connectivity index (χ2v) is 8.24. The molecule has 0 spiro atoms. The van der Waals surface area contributed by atoms with Crippen LogP contribution in [-0.2, 0) is 4.74 Å². The molecule has 0 bridgehead atoms. The van der Waals surface area contributed by atoms with E-state index in [4.69, 9.17) is 32.7 Å². The lowest BCUT2D eigenvalue weighted by atomic mass is 10.3. The number of carbonyl (C=O) groups is 1. The van der Waals surface area contributed by atoms with E-state index in [1.165, 1.54) is 23.5 Å². The van der Waals surface area contributed by atoms with Gasteiger partial charge in [0.1, 0.15) is 34.5 Å². The minimum Gasteiger partial charge on any atom is -0.488 e. The van der Waals surface area contributed by atoms with Crippen LogP contribution in [0.3, 0.4) is 0 Å². The van der Waals surface area contributed by atoms with Crippen LogP contribution in [0.5, 0.6) is 5.75 Å². The second-order valence-electron chi connectivity index (χ2n) is 6.36. The SMILES string of the molecule is Cc1nn(-c2ccc(F)cc2)c2sc(C(=O)OCCOc3ccc(Cl)cc3Cl)cc12. The molecule has 30 heavy (non-hydrogen) atoms. The Bertz CT molecular complexity index is 1220. The molecule has 0 atom stereocenters. The molecule has 0 fully saturated rings. The summed E-state index contributed by atoms with van der Waals surface area (Å²) < 4.78 is 25.7. The highest BCUT2D eigenvalue weighted by Crippen LogP contribution is 2.31. The number of halogens is 3. The van der Waals surface area contributed by atoms with Crippen LogP contribution in [0.1, 0.15) is 15.4 Å². The molecule has 5 nitrogen and oxygen atoms in total. The number of nitrogens with zero attached hydrogens (tertiary/aromatic N) is 2.